The SMILES string of the molecule is CCC(C1CC1C)S(=O)(=O)F. The molecular weight excluding hydrogens is 167 g/mol. The van der Waals surface area contributed by atoms with Gasteiger partial charge in [0, 0.05) is 0 Å². The van der Waals surface area contributed by atoms with Crippen molar-refractivity contribution in [2.24, 2.45) is 11.8 Å². The average molecular weight is 180 g/mol. The smallest absolute Gasteiger partial charge is 0.195 e. The molecular formula is C7H13FO2S. The van der Waals surface area contributed by atoms with E-state index < -0.39 is 15.5 Å². The molecule has 0 aromatic heterocycles. The van der Waals surface area contributed by atoms with Crippen LogP contribution in [0.2, 0.25) is 0 Å². The van der Waals surface area contributed by atoms with Crippen LogP contribution in [-0.4, -0.2) is 13.7 Å². The van der Waals surface area contributed by atoms with E-state index in [-0.39, 0.29) is 5.92 Å². The molecule has 1 aliphatic carbocycles. The third kappa shape index (κ3) is 1.92. The van der Waals surface area contributed by atoms with Gasteiger partial charge < -0.3 is 0 Å². The van der Waals surface area contributed by atoms with Gasteiger partial charge in [-0.15, -0.1) is 3.89 Å². The standard InChI is InChI=1S/C7H13FO2S/c1-3-7(11(8,9)10)6-4-5(6)2/h5-7H,3-4H2,1-2H3. The first-order valence-electron chi connectivity index (χ1n) is 3.90. The molecule has 3 atom stereocenters. The predicted molar refractivity (Wildman–Crippen MR) is 41.4 cm³/mol. The molecule has 0 amide bonds. The van der Waals surface area contributed by atoms with Crippen molar-refractivity contribution in [2.45, 2.75) is 31.9 Å². The lowest BCUT2D eigenvalue weighted by atomic mass is 10.2. The molecule has 2 nitrogen and oxygen atoms in total. The molecule has 0 N–H and O–H groups in total. The first-order chi connectivity index (χ1) is 4.96. The fourth-order valence-electron chi connectivity index (χ4n) is 1.58. The number of hydrogen-bond donors (Lipinski definition) is 0. The summed E-state index contributed by atoms with van der Waals surface area (Å²) in [5, 5.41) is -0.738. The fraction of sp³-hybridized carbons (Fsp3) is 1.00. The summed E-state index contributed by atoms with van der Waals surface area (Å²) in [5.41, 5.74) is 0. The highest BCUT2D eigenvalue weighted by atomic mass is 32.3. The summed E-state index contributed by atoms with van der Waals surface area (Å²) in [6, 6.07) is 0. The van der Waals surface area contributed by atoms with Gasteiger partial charge in [0.25, 0.3) is 0 Å². The zero-order valence-electron chi connectivity index (χ0n) is 6.75. The van der Waals surface area contributed by atoms with E-state index in [9.17, 15) is 12.3 Å². The molecule has 0 bridgehead atoms. The molecule has 0 aromatic rings. The Kier molecular flexibility index (Phi) is 2.23. The van der Waals surface area contributed by atoms with Gasteiger partial charge in [0.2, 0.25) is 0 Å². The number of rotatable bonds is 3. The van der Waals surface area contributed by atoms with Gasteiger partial charge in [-0.1, -0.05) is 13.8 Å². The molecule has 11 heavy (non-hydrogen) atoms. The lowest BCUT2D eigenvalue weighted by Crippen LogP contribution is -2.18. The molecule has 1 aliphatic rings. The molecule has 1 fully saturated rings. The second-order valence-corrected chi connectivity index (χ2v) is 4.86. The summed E-state index contributed by atoms with van der Waals surface area (Å²) < 4.78 is 33.5. The van der Waals surface area contributed by atoms with Crippen LogP contribution in [0.25, 0.3) is 0 Å². The Hall–Kier alpha value is -0.120. The summed E-state index contributed by atoms with van der Waals surface area (Å²) >= 11 is 0. The summed E-state index contributed by atoms with van der Waals surface area (Å²) in [4.78, 5) is 0. The van der Waals surface area contributed by atoms with Crippen molar-refractivity contribution in [3.8, 4) is 0 Å². The van der Waals surface area contributed by atoms with Crippen LogP contribution < -0.4 is 0 Å². The highest BCUT2D eigenvalue weighted by Crippen LogP contribution is 2.44. The second-order valence-electron chi connectivity index (χ2n) is 3.30. The third-order valence-corrected chi connectivity index (χ3v) is 3.82. The van der Waals surface area contributed by atoms with E-state index in [0.717, 1.165) is 6.42 Å². The average Bonchev–Trinajstić information content (AvgIpc) is 2.45. The van der Waals surface area contributed by atoms with Gasteiger partial charge in [-0.25, -0.2) is 0 Å². The van der Waals surface area contributed by atoms with Crippen LogP contribution in [0.3, 0.4) is 0 Å². The zero-order valence-corrected chi connectivity index (χ0v) is 7.57. The van der Waals surface area contributed by atoms with E-state index in [2.05, 4.69) is 0 Å². The quantitative estimate of drug-likeness (QED) is 0.620. The third-order valence-electron chi connectivity index (χ3n) is 2.41. The maximum Gasteiger partial charge on any atom is 0.305 e. The van der Waals surface area contributed by atoms with Gasteiger partial charge in [-0.2, -0.15) is 8.42 Å². The van der Waals surface area contributed by atoms with E-state index in [4.69, 9.17) is 0 Å². The Morgan fingerprint density at radius 1 is 1.64 bits per heavy atom. The summed E-state index contributed by atoms with van der Waals surface area (Å²) in [5.74, 6) is 0.473. The van der Waals surface area contributed by atoms with Crippen LogP contribution >= 0.6 is 0 Å². The molecule has 1 rings (SSSR count). The van der Waals surface area contributed by atoms with E-state index >= 15 is 0 Å². The largest absolute Gasteiger partial charge is 0.305 e. The van der Waals surface area contributed by atoms with Crippen LogP contribution in [-0.2, 0) is 10.2 Å². The van der Waals surface area contributed by atoms with Gasteiger partial charge in [0.1, 0.15) is 0 Å². The van der Waals surface area contributed by atoms with Crippen LogP contribution in [0.4, 0.5) is 3.89 Å². The van der Waals surface area contributed by atoms with Crippen molar-refractivity contribution < 1.29 is 12.3 Å². The van der Waals surface area contributed by atoms with Crippen LogP contribution in [0.15, 0.2) is 0 Å². The number of halogens is 1. The monoisotopic (exact) mass is 180 g/mol. The van der Waals surface area contributed by atoms with E-state index in [0.29, 0.717) is 12.3 Å². The minimum Gasteiger partial charge on any atom is -0.195 e. The molecule has 0 aromatic carbocycles. The van der Waals surface area contributed by atoms with E-state index in [1.165, 1.54) is 0 Å². The molecule has 4 heteroatoms. The topological polar surface area (TPSA) is 34.1 Å². The maximum atomic E-state index is 12.5. The maximum absolute atomic E-state index is 12.5. The van der Waals surface area contributed by atoms with Gasteiger partial charge in [-0.3, -0.25) is 0 Å². The van der Waals surface area contributed by atoms with E-state index in [1.807, 2.05) is 6.92 Å². The highest BCUT2D eigenvalue weighted by Gasteiger charge is 2.44. The summed E-state index contributed by atoms with van der Waals surface area (Å²) in [6.45, 7) is 3.67. The van der Waals surface area contributed by atoms with Crippen LogP contribution in [0.1, 0.15) is 26.7 Å². The Bertz CT molecular complexity index is 235. The Morgan fingerprint density at radius 2 is 2.09 bits per heavy atom. The second kappa shape index (κ2) is 2.73. The van der Waals surface area contributed by atoms with E-state index in [1.54, 1.807) is 6.92 Å². The van der Waals surface area contributed by atoms with Crippen molar-refractivity contribution in [3.63, 3.8) is 0 Å². The Morgan fingerprint density at radius 3 is 2.18 bits per heavy atom. The molecule has 0 aliphatic heterocycles. The lowest BCUT2D eigenvalue weighted by molar-refractivity contribution is 0.511. The normalized spacial score (nSPS) is 33.4. The van der Waals surface area contributed by atoms with Crippen molar-refractivity contribution in [1.82, 2.24) is 0 Å². The molecule has 3 unspecified atom stereocenters. The molecule has 0 radical (unpaired) electrons. The lowest BCUT2D eigenvalue weighted by Gasteiger charge is -2.07. The summed E-state index contributed by atoms with van der Waals surface area (Å²) in [6.07, 6.45) is 1.26. The minimum atomic E-state index is -4.28. The molecule has 1 saturated carbocycles. The van der Waals surface area contributed by atoms with Crippen molar-refractivity contribution in [2.75, 3.05) is 0 Å². The Labute approximate surface area is 67.0 Å². The van der Waals surface area contributed by atoms with Crippen molar-refractivity contribution in [1.29, 1.82) is 0 Å². The van der Waals surface area contributed by atoms with Crippen LogP contribution in [0.5, 0.6) is 0 Å². The molecule has 0 heterocycles. The summed E-state index contributed by atoms with van der Waals surface area (Å²) in [7, 11) is -4.28. The fourth-order valence-corrected chi connectivity index (χ4v) is 2.77. The van der Waals surface area contributed by atoms with Crippen molar-refractivity contribution in [3.05, 3.63) is 0 Å². The molecule has 66 valence electrons. The molecule has 0 saturated heterocycles. The van der Waals surface area contributed by atoms with Gasteiger partial charge >= 0.3 is 10.2 Å². The first-order valence-corrected chi connectivity index (χ1v) is 5.35. The Balaban J connectivity index is 2.66. The first kappa shape index (κ1) is 8.97. The zero-order chi connectivity index (χ0) is 8.65. The van der Waals surface area contributed by atoms with Crippen LogP contribution in [0, 0.1) is 11.8 Å². The van der Waals surface area contributed by atoms with Gasteiger partial charge in [0.05, 0.1) is 5.25 Å². The minimum absolute atomic E-state index is 0.0787. The molecule has 0 spiro atoms. The van der Waals surface area contributed by atoms with Gasteiger partial charge in [-0.05, 0) is 24.7 Å². The van der Waals surface area contributed by atoms with Gasteiger partial charge in [0.15, 0.2) is 0 Å². The van der Waals surface area contributed by atoms with Crippen molar-refractivity contribution >= 4 is 10.2 Å². The number of hydrogen-bond acceptors (Lipinski definition) is 2. The predicted octanol–water partition coefficient (Wildman–Crippen LogP) is 1.72. The highest BCUT2D eigenvalue weighted by molar-refractivity contribution is 7.87.